The van der Waals surface area contributed by atoms with E-state index in [0.29, 0.717) is 0 Å². The lowest BCUT2D eigenvalue weighted by Gasteiger charge is -2.25. The summed E-state index contributed by atoms with van der Waals surface area (Å²) in [6.45, 7) is 0. The third-order valence-electron chi connectivity index (χ3n) is 3.23. The van der Waals surface area contributed by atoms with Crippen molar-refractivity contribution in [3.63, 3.8) is 0 Å². The molecule has 0 radical (unpaired) electrons. The van der Waals surface area contributed by atoms with Gasteiger partial charge in [0.05, 0.1) is 11.6 Å². The molecule has 1 unspecified atom stereocenters. The lowest BCUT2D eigenvalue weighted by molar-refractivity contribution is 0.0934. The second-order valence-electron chi connectivity index (χ2n) is 4.57. The highest BCUT2D eigenvalue weighted by atomic mass is 35.5. The number of nitrogens with zero attached hydrogens (tertiary/aromatic N) is 2. The molecule has 108 valence electrons. The van der Waals surface area contributed by atoms with Gasteiger partial charge in [0.1, 0.15) is 0 Å². The highest BCUT2D eigenvalue weighted by molar-refractivity contribution is 7.99. The van der Waals surface area contributed by atoms with E-state index in [-0.39, 0.29) is 27.8 Å². The Bertz CT molecular complexity index is 696. The molecule has 1 aromatic carbocycles. The summed E-state index contributed by atoms with van der Waals surface area (Å²) in [4.78, 5) is 13.6. The van der Waals surface area contributed by atoms with E-state index in [4.69, 9.17) is 23.2 Å². The van der Waals surface area contributed by atoms with Crippen LogP contribution >= 0.6 is 35.0 Å². The summed E-state index contributed by atoms with van der Waals surface area (Å²) < 4.78 is 0. The third-order valence-corrected chi connectivity index (χ3v) is 4.81. The fraction of sp³-hybridized carbons (Fsp3) is 0.214. The Labute approximate surface area is 136 Å². The van der Waals surface area contributed by atoms with Gasteiger partial charge in [-0.15, -0.1) is 22.0 Å². The van der Waals surface area contributed by atoms with E-state index in [1.54, 1.807) is 11.8 Å². The molecule has 0 fully saturated rings. The fourth-order valence-electron chi connectivity index (χ4n) is 2.24. The van der Waals surface area contributed by atoms with Crippen molar-refractivity contribution in [2.75, 3.05) is 5.75 Å². The summed E-state index contributed by atoms with van der Waals surface area (Å²) in [5, 5.41) is 10.5. The maximum Gasteiger partial charge on any atom is 0.255 e. The Morgan fingerprint density at radius 2 is 2.10 bits per heavy atom. The van der Waals surface area contributed by atoms with Crippen molar-refractivity contribution >= 4 is 40.9 Å². The first kappa shape index (κ1) is 14.6. The van der Waals surface area contributed by atoms with Crippen molar-refractivity contribution in [2.24, 2.45) is 0 Å². The molecule has 0 bridgehead atoms. The molecule has 2 heterocycles. The molecule has 4 nitrogen and oxygen atoms in total. The molecule has 0 aliphatic carbocycles. The number of carbonyl (C=O) groups excluding carboxylic acids is 1. The van der Waals surface area contributed by atoms with Crippen molar-refractivity contribution in [1.82, 2.24) is 15.5 Å². The molecule has 1 aliphatic rings. The van der Waals surface area contributed by atoms with Crippen LogP contribution in [0.4, 0.5) is 0 Å². The molecular weight excluding hydrogens is 329 g/mol. The number of nitrogens with one attached hydrogen (secondary N) is 1. The van der Waals surface area contributed by atoms with Crippen LogP contribution in [-0.2, 0) is 0 Å². The Morgan fingerprint density at radius 1 is 1.29 bits per heavy atom. The number of thioether (sulfide) groups is 1. The summed E-state index contributed by atoms with van der Waals surface area (Å²) in [5.41, 5.74) is 1.37. The maximum absolute atomic E-state index is 12.4. The highest BCUT2D eigenvalue weighted by Crippen LogP contribution is 2.36. The molecular formula is C14H11Cl2N3OS. The van der Waals surface area contributed by atoms with Gasteiger partial charge in [-0.2, -0.15) is 0 Å². The minimum Gasteiger partial charge on any atom is -0.345 e. The van der Waals surface area contributed by atoms with Crippen molar-refractivity contribution in [2.45, 2.75) is 17.4 Å². The number of halogens is 2. The normalized spacial score (nSPS) is 17.1. The standard InChI is InChI=1S/C14H11Cl2N3OS/c15-12-7-9(13(16)19-18-12)14(20)17-10-5-6-21-11-4-2-1-3-8(10)11/h1-4,7,10H,5-6H2,(H,17,20). The van der Waals surface area contributed by atoms with Crippen LogP contribution in [0.2, 0.25) is 10.3 Å². The molecule has 1 N–H and O–H groups in total. The van der Waals surface area contributed by atoms with Crippen molar-refractivity contribution < 1.29 is 4.79 Å². The van der Waals surface area contributed by atoms with E-state index >= 15 is 0 Å². The van der Waals surface area contributed by atoms with Crippen molar-refractivity contribution in [3.8, 4) is 0 Å². The predicted octanol–water partition coefficient (Wildman–Crippen LogP) is 3.75. The van der Waals surface area contributed by atoms with E-state index in [1.165, 1.54) is 11.0 Å². The summed E-state index contributed by atoms with van der Waals surface area (Å²) in [6.07, 6.45) is 0.872. The zero-order valence-electron chi connectivity index (χ0n) is 10.8. The number of hydrogen-bond acceptors (Lipinski definition) is 4. The zero-order valence-corrected chi connectivity index (χ0v) is 13.2. The van der Waals surface area contributed by atoms with Crippen LogP contribution in [0.25, 0.3) is 0 Å². The van der Waals surface area contributed by atoms with Gasteiger partial charge >= 0.3 is 0 Å². The Balaban J connectivity index is 1.84. The van der Waals surface area contributed by atoms with Gasteiger partial charge in [0.2, 0.25) is 0 Å². The molecule has 1 amide bonds. The molecule has 21 heavy (non-hydrogen) atoms. The molecule has 0 saturated carbocycles. The van der Waals surface area contributed by atoms with Gasteiger partial charge in [-0.05, 0) is 24.1 Å². The number of carbonyl (C=O) groups is 1. The van der Waals surface area contributed by atoms with Gasteiger partial charge < -0.3 is 5.32 Å². The monoisotopic (exact) mass is 339 g/mol. The van der Waals surface area contributed by atoms with Gasteiger partial charge in [0.25, 0.3) is 5.91 Å². The van der Waals surface area contributed by atoms with Crippen molar-refractivity contribution in [3.05, 3.63) is 51.8 Å². The molecule has 0 spiro atoms. The Kier molecular flexibility index (Phi) is 4.33. The molecule has 7 heteroatoms. The van der Waals surface area contributed by atoms with Crippen LogP contribution in [0, 0.1) is 0 Å². The van der Waals surface area contributed by atoms with E-state index in [2.05, 4.69) is 21.6 Å². The average Bonchev–Trinajstić information content (AvgIpc) is 2.50. The summed E-state index contributed by atoms with van der Waals surface area (Å²) >= 11 is 13.5. The van der Waals surface area contributed by atoms with Gasteiger partial charge in [-0.25, -0.2) is 0 Å². The fourth-order valence-corrected chi connectivity index (χ4v) is 3.69. The lowest BCUT2D eigenvalue weighted by Crippen LogP contribution is -2.31. The third kappa shape index (κ3) is 3.15. The molecule has 1 aromatic heterocycles. The number of rotatable bonds is 2. The number of amides is 1. The minimum atomic E-state index is -0.288. The second-order valence-corrected chi connectivity index (χ2v) is 6.45. The molecule has 3 rings (SSSR count). The van der Waals surface area contributed by atoms with Crippen LogP contribution in [0.3, 0.4) is 0 Å². The van der Waals surface area contributed by atoms with E-state index in [9.17, 15) is 4.79 Å². The second kappa shape index (κ2) is 6.22. The maximum atomic E-state index is 12.4. The average molecular weight is 340 g/mol. The zero-order chi connectivity index (χ0) is 14.8. The summed E-state index contributed by atoms with van der Waals surface area (Å²) in [7, 11) is 0. The van der Waals surface area contributed by atoms with Gasteiger partial charge in [-0.1, -0.05) is 41.4 Å². The smallest absolute Gasteiger partial charge is 0.255 e. The van der Waals surface area contributed by atoms with Gasteiger partial charge in [0.15, 0.2) is 10.3 Å². The van der Waals surface area contributed by atoms with Gasteiger partial charge in [-0.3, -0.25) is 4.79 Å². The van der Waals surface area contributed by atoms with Crippen LogP contribution in [0.5, 0.6) is 0 Å². The Hall–Kier alpha value is -1.30. The minimum absolute atomic E-state index is 0.0297. The first-order chi connectivity index (χ1) is 10.1. The quantitative estimate of drug-likeness (QED) is 0.905. The summed E-state index contributed by atoms with van der Waals surface area (Å²) in [5.74, 6) is 0.675. The van der Waals surface area contributed by atoms with Crippen LogP contribution in [-0.4, -0.2) is 21.9 Å². The number of fused-ring (bicyclic) bond motifs is 1. The molecule has 1 aliphatic heterocycles. The number of aromatic nitrogens is 2. The lowest BCUT2D eigenvalue weighted by atomic mass is 10.0. The Morgan fingerprint density at radius 3 is 2.95 bits per heavy atom. The van der Waals surface area contributed by atoms with Crippen LogP contribution in [0.1, 0.15) is 28.4 Å². The molecule has 0 saturated heterocycles. The van der Waals surface area contributed by atoms with Gasteiger partial charge in [0, 0.05) is 10.6 Å². The predicted molar refractivity (Wildman–Crippen MR) is 84.0 cm³/mol. The van der Waals surface area contributed by atoms with Crippen molar-refractivity contribution in [1.29, 1.82) is 0 Å². The highest BCUT2D eigenvalue weighted by Gasteiger charge is 2.23. The summed E-state index contributed by atoms with van der Waals surface area (Å²) in [6, 6.07) is 9.47. The largest absolute Gasteiger partial charge is 0.345 e. The van der Waals surface area contributed by atoms with Crippen LogP contribution < -0.4 is 5.32 Å². The molecule has 1 atom stereocenters. The number of benzene rings is 1. The van der Waals surface area contributed by atoms with Crippen LogP contribution in [0.15, 0.2) is 35.2 Å². The topological polar surface area (TPSA) is 54.9 Å². The van der Waals surface area contributed by atoms with E-state index < -0.39 is 0 Å². The first-order valence-corrected chi connectivity index (χ1v) is 8.10. The molecule has 2 aromatic rings. The first-order valence-electron chi connectivity index (χ1n) is 6.36. The SMILES string of the molecule is O=C(NC1CCSc2ccccc21)c1cc(Cl)nnc1Cl. The number of hydrogen-bond donors (Lipinski definition) is 1. The van der Waals surface area contributed by atoms with E-state index in [0.717, 1.165) is 17.7 Å². The van der Waals surface area contributed by atoms with E-state index in [1.807, 2.05) is 18.2 Å².